The highest BCUT2D eigenvalue weighted by Crippen LogP contribution is 2.34. The summed E-state index contributed by atoms with van der Waals surface area (Å²) in [7, 11) is 0. The minimum absolute atomic E-state index is 0.185. The molecule has 3 N–H and O–H groups in total. The molecule has 1 unspecified atom stereocenters. The van der Waals surface area contributed by atoms with Gasteiger partial charge in [-0.3, -0.25) is 5.84 Å². The number of nitrogens with two attached hydrogens (primary N) is 1. The van der Waals surface area contributed by atoms with Gasteiger partial charge >= 0.3 is 6.18 Å². The molecule has 0 fully saturated rings. The maximum Gasteiger partial charge on any atom is 0.416 e. The first-order valence-electron chi connectivity index (χ1n) is 6.09. The highest BCUT2D eigenvalue weighted by molar-refractivity contribution is 5.33. The average molecular weight is 290 g/mol. The summed E-state index contributed by atoms with van der Waals surface area (Å²) in [5.74, 6) is 4.92. The van der Waals surface area contributed by atoms with Crippen molar-refractivity contribution in [3.05, 3.63) is 47.0 Å². The van der Waals surface area contributed by atoms with Crippen LogP contribution in [0, 0.1) is 5.82 Å². The van der Waals surface area contributed by atoms with Crippen LogP contribution >= 0.6 is 0 Å². The highest BCUT2D eigenvalue weighted by Gasteiger charge is 2.32. The number of rotatable bonds is 3. The first-order valence-corrected chi connectivity index (χ1v) is 6.09. The number of benzene rings is 1. The zero-order chi connectivity index (χ0) is 14.8. The molecule has 0 amide bonds. The molecule has 2 rings (SSSR count). The minimum atomic E-state index is -4.54. The third-order valence-electron chi connectivity index (χ3n) is 3.05. The van der Waals surface area contributed by atoms with E-state index in [-0.39, 0.29) is 5.56 Å². The molecule has 1 heterocycles. The third-order valence-corrected chi connectivity index (χ3v) is 3.05. The molecule has 0 radical (unpaired) electrons. The van der Waals surface area contributed by atoms with Crippen molar-refractivity contribution < 1.29 is 22.3 Å². The third kappa shape index (κ3) is 3.10. The number of halogens is 4. The number of nitrogens with one attached hydrogen (secondary N) is 1. The van der Waals surface area contributed by atoms with Gasteiger partial charge in [0.05, 0.1) is 12.2 Å². The second kappa shape index (κ2) is 5.80. The van der Waals surface area contributed by atoms with E-state index in [2.05, 4.69) is 5.43 Å². The Morgan fingerprint density at radius 3 is 2.60 bits per heavy atom. The Morgan fingerprint density at radius 2 is 2.05 bits per heavy atom. The molecule has 1 aromatic rings. The average Bonchev–Trinajstić information content (AvgIpc) is 2.41. The second-order valence-electron chi connectivity index (χ2n) is 4.43. The Kier molecular flexibility index (Phi) is 4.29. The summed E-state index contributed by atoms with van der Waals surface area (Å²) in [4.78, 5) is 0. The molecular formula is C13H14F4N2O. The Labute approximate surface area is 113 Å². The Bertz CT molecular complexity index is 514. The van der Waals surface area contributed by atoms with Gasteiger partial charge in [0.2, 0.25) is 0 Å². The fourth-order valence-electron chi connectivity index (χ4n) is 2.04. The smallest absolute Gasteiger partial charge is 0.416 e. The van der Waals surface area contributed by atoms with Crippen molar-refractivity contribution in [3.8, 4) is 0 Å². The number of allylic oxidation sites excluding steroid dienone is 1. The van der Waals surface area contributed by atoms with Crippen molar-refractivity contribution in [1.82, 2.24) is 5.43 Å². The number of ether oxygens (including phenoxy) is 1. The van der Waals surface area contributed by atoms with Crippen LogP contribution in [0.2, 0.25) is 0 Å². The van der Waals surface area contributed by atoms with Crippen LogP contribution in [0.5, 0.6) is 0 Å². The lowest BCUT2D eigenvalue weighted by Crippen LogP contribution is -2.32. The molecule has 0 spiro atoms. The van der Waals surface area contributed by atoms with E-state index in [1.807, 2.05) is 0 Å². The van der Waals surface area contributed by atoms with Crippen LogP contribution in [0.15, 0.2) is 30.0 Å². The molecule has 1 atom stereocenters. The number of hydrogen-bond donors (Lipinski definition) is 2. The van der Waals surface area contributed by atoms with Gasteiger partial charge in [0.25, 0.3) is 0 Å². The van der Waals surface area contributed by atoms with E-state index in [9.17, 15) is 17.6 Å². The van der Waals surface area contributed by atoms with Gasteiger partial charge in [0, 0.05) is 5.56 Å². The summed E-state index contributed by atoms with van der Waals surface area (Å²) in [6.45, 7) is 0.435. The molecule has 0 saturated heterocycles. The molecule has 0 aromatic heterocycles. The van der Waals surface area contributed by atoms with Crippen molar-refractivity contribution in [3.63, 3.8) is 0 Å². The standard InChI is InChI=1S/C13H14F4N2O/c14-10-5-4-8(13(15,16)17)7-9(10)12(19-18)11-3-1-2-6-20-11/h3-5,7,12,19H,1-2,6,18H2. The van der Waals surface area contributed by atoms with Crippen LogP contribution in [0.3, 0.4) is 0 Å². The first kappa shape index (κ1) is 14.8. The summed E-state index contributed by atoms with van der Waals surface area (Å²) in [6.07, 6.45) is -1.31. The molecule has 1 aliphatic rings. The molecule has 20 heavy (non-hydrogen) atoms. The fraction of sp³-hybridized carbons (Fsp3) is 0.385. The van der Waals surface area contributed by atoms with Crippen molar-refractivity contribution in [1.29, 1.82) is 0 Å². The predicted octanol–water partition coefficient (Wildman–Crippen LogP) is 3.04. The fourth-order valence-corrected chi connectivity index (χ4v) is 2.04. The normalized spacial score (nSPS) is 17.4. The van der Waals surface area contributed by atoms with Crippen LogP contribution in [0.25, 0.3) is 0 Å². The van der Waals surface area contributed by atoms with Crippen molar-refractivity contribution in [2.75, 3.05) is 6.61 Å². The van der Waals surface area contributed by atoms with E-state index >= 15 is 0 Å². The van der Waals surface area contributed by atoms with E-state index in [1.165, 1.54) is 0 Å². The zero-order valence-corrected chi connectivity index (χ0v) is 10.5. The summed E-state index contributed by atoms with van der Waals surface area (Å²) in [5, 5.41) is 0. The van der Waals surface area contributed by atoms with Crippen molar-refractivity contribution >= 4 is 0 Å². The number of hydrazine groups is 1. The molecule has 0 bridgehead atoms. The summed E-state index contributed by atoms with van der Waals surface area (Å²) in [5.41, 5.74) is 1.20. The van der Waals surface area contributed by atoms with Gasteiger partial charge in [-0.1, -0.05) is 0 Å². The maximum absolute atomic E-state index is 13.8. The quantitative estimate of drug-likeness (QED) is 0.511. The number of hydrogen-bond acceptors (Lipinski definition) is 3. The van der Waals surface area contributed by atoms with E-state index < -0.39 is 23.6 Å². The molecule has 110 valence electrons. The SMILES string of the molecule is NNC(C1=CCCCO1)c1cc(C(F)(F)F)ccc1F. The van der Waals surface area contributed by atoms with E-state index in [1.54, 1.807) is 6.08 Å². The molecule has 1 aliphatic heterocycles. The van der Waals surface area contributed by atoms with Crippen molar-refractivity contribution in [2.24, 2.45) is 5.84 Å². The predicted molar refractivity (Wildman–Crippen MR) is 64.7 cm³/mol. The number of alkyl halides is 3. The van der Waals surface area contributed by atoms with Gasteiger partial charge in [0.15, 0.2) is 0 Å². The largest absolute Gasteiger partial charge is 0.496 e. The topological polar surface area (TPSA) is 47.3 Å². The Hall–Kier alpha value is -1.60. The van der Waals surface area contributed by atoms with Crippen LogP contribution in [-0.4, -0.2) is 6.61 Å². The summed E-state index contributed by atoms with van der Waals surface area (Å²) in [6, 6.07) is 1.30. The molecule has 0 aliphatic carbocycles. The summed E-state index contributed by atoms with van der Waals surface area (Å²) < 4.78 is 57.2. The van der Waals surface area contributed by atoms with Crippen LogP contribution in [0.4, 0.5) is 17.6 Å². The highest BCUT2D eigenvalue weighted by atomic mass is 19.4. The molecular weight excluding hydrogens is 276 g/mol. The van der Waals surface area contributed by atoms with Crippen LogP contribution in [0.1, 0.15) is 30.0 Å². The van der Waals surface area contributed by atoms with E-state index in [0.717, 1.165) is 18.6 Å². The van der Waals surface area contributed by atoms with Gasteiger partial charge in [-0.2, -0.15) is 13.2 Å². The van der Waals surface area contributed by atoms with Gasteiger partial charge < -0.3 is 4.74 Å². The summed E-state index contributed by atoms with van der Waals surface area (Å²) >= 11 is 0. The lowest BCUT2D eigenvalue weighted by atomic mass is 10.00. The monoisotopic (exact) mass is 290 g/mol. The lowest BCUT2D eigenvalue weighted by Gasteiger charge is -2.24. The Morgan fingerprint density at radius 1 is 1.30 bits per heavy atom. The maximum atomic E-state index is 13.8. The van der Waals surface area contributed by atoms with Gasteiger partial charge in [-0.25, -0.2) is 9.82 Å². The van der Waals surface area contributed by atoms with Crippen molar-refractivity contribution in [2.45, 2.75) is 25.1 Å². The molecule has 0 saturated carbocycles. The minimum Gasteiger partial charge on any atom is -0.496 e. The van der Waals surface area contributed by atoms with Crippen LogP contribution in [-0.2, 0) is 10.9 Å². The van der Waals surface area contributed by atoms with E-state index in [4.69, 9.17) is 10.6 Å². The molecule has 7 heteroatoms. The van der Waals surface area contributed by atoms with Gasteiger partial charge in [-0.15, -0.1) is 0 Å². The van der Waals surface area contributed by atoms with Gasteiger partial charge in [0.1, 0.15) is 17.6 Å². The van der Waals surface area contributed by atoms with Crippen LogP contribution < -0.4 is 11.3 Å². The lowest BCUT2D eigenvalue weighted by molar-refractivity contribution is -0.137. The zero-order valence-electron chi connectivity index (χ0n) is 10.5. The Balaban J connectivity index is 2.40. The first-order chi connectivity index (χ1) is 9.43. The second-order valence-corrected chi connectivity index (χ2v) is 4.43. The molecule has 3 nitrogen and oxygen atoms in total. The van der Waals surface area contributed by atoms with E-state index in [0.29, 0.717) is 24.9 Å². The van der Waals surface area contributed by atoms with Gasteiger partial charge in [-0.05, 0) is 37.1 Å². The molecule has 1 aromatic carbocycles.